The number of hydrogen-bond acceptors (Lipinski definition) is 9. The Bertz CT molecular complexity index is 729. The summed E-state index contributed by atoms with van der Waals surface area (Å²) < 4.78 is 28.6. The van der Waals surface area contributed by atoms with E-state index in [0.717, 1.165) is 38.5 Å². The molecule has 5 rings (SSSR count). The molecule has 1 aliphatic carbocycles. The molecule has 0 radical (unpaired) electrons. The summed E-state index contributed by atoms with van der Waals surface area (Å²) in [6.07, 6.45) is 5.73. The number of carbonyl (C=O) groups is 2. The summed E-state index contributed by atoms with van der Waals surface area (Å²) in [7, 11) is 1.30. The average Bonchev–Trinajstić information content (AvgIpc) is 3.05. The van der Waals surface area contributed by atoms with Crippen LogP contribution >= 0.6 is 0 Å². The van der Waals surface area contributed by atoms with Crippen molar-refractivity contribution in [2.45, 2.75) is 103 Å². The maximum absolute atomic E-state index is 11.6. The topological polar surface area (TPSA) is 98.8 Å². The number of methoxy groups -OCH3 is 1. The Balaban J connectivity index is 1.22. The Hall–Kier alpha value is -1.26. The first kappa shape index (κ1) is 25.8. The third-order valence-corrected chi connectivity index (χ3v) is 8.19. The van der Waals surface area contributed by atoms with Crippen LogP contribution in [0.5, 0.6) is 0 Å². The van der Waals surface area contributed by atoms with Gasteiger partial charge in [-0.05, 0) is 57.3 Å². The molecule has 0 aromatic carbocycles. The first-order chi connectivity index (χ1) is 16.3. The van der Waals surface area contributed by atoms with Crippen molar-refractivity contribution in [2.75, 3.05) is 20.3 Å². The lowest BCUT2D eigenvalue weighted by molar-refractivity contribution is -0.577. The van der Waals surface area contributed by atoms with Gasteiger partial charge in [0.1, 0.15) is 0 Å². The molecule has 5 fully saturated rings. The summed E-state index contributed by atoms with van der Waals surface area (Å²) in [5.41, 5.74) is -0.565. The maximum atomic E-state index is 11.6. The largest absolute Gasteiger partial charge is 0.469 e. The van der Waals surface area contributed by atoms with Gasteiger partial charge in [-0.15, -0.1) is 0 Å². The first-order valence-electron chi connectivity index (χ1n) is 12.8. The SMILES string of the molecule is COC(=O)CCC(=O)OCCCCCO[C@H]1O[C@@H]2O[C@]3(C)CC[C@H]4[C@H](C)CC[C@@H]([C@H]1C)[C@@]24OO3. The standard InChI is InChI=1S/C25H40O9/c1-16-8-9-19-17(2)22(30-15-7-5-6-14-29-21(27)11-10-20(26)28-4)31-23-25(19)18(16)12-13-24(3,32-23)33-34-25/h16-19,22-23H,5-15H2,1-4H3/t16-,17-,18+,19+,22+,23-,24+,25-/m1/s1. The second kappa shape index (κ2) is 10.8. The summed E-state index contributed by atoms with van der Waals surface area (Å²) in [5.74, 6) is -0.267. The van der Waals surface area contributed by atoms with Crippen LogP contribution in [0.1, 0.15) is 78.6 Å². The van der Waals surface area contributed by atoms with Crippen LogP contribution in [0.15, 0.2) is 0 Å². The lowest BCUT2D eigenvalue weighted by atomic mass is 9.58. The molecule has 0 amide bonds. The van der Waals surface area contributed by atoms with Gasteiger partial charge in [0.2, 0.25) is 5.79 Å². The van der Waals surface area contributed by atoms with E-state index in [4.69, 9.17) is 28.7 Å². The van der Waals surface area contributed by atoms with E-state index in [0.29, 0.717) is 25.0 Å². The number of fused-ring (bicyclic) bond motifs is 2. The predicted octanol–water partition coefficient (Wildman–Crippen LogP) is 3.88. The lowest BCUT2D eigenvalue weighted by Gasteiger charge is -2.60. The lowest BCUT2D eigenvalue weighted by Crippen LogP contribution is -2.70. The minimum absolute atomic E-state index is 0.0473. The third kappa shape index (κ3) is 5.14. The smallest absolute Gasteiger partial charge is 0.306 e. The van der Waals surface area contributed by atoms with Crippen LogP contribution < -0.4 is 0 Å². The van der Waals surface area contributed by atoms with Crippen LogP contribution in [0.4, 0.5) is 0 Å². The number of unbranched alkanes of at least 4 members (excludes halogenated alkanes) is 2. The highest BCUT2D eigenvalue weighted by atomic mass is 17.3. The molecule has 5 aliphatic rings. The number of carbonyl (C=O) groups excluding carboxylic acids is 2. The van der Waals surface area contributed by atoms with Gasteiger partial charge in [0.15, 0.2) is 18.2 Å². The minimum atomic E-state index is -0.781. The predicted molar refractivity (Wildman–Crippen MR) is 119 cm³/mol. The molecule has 0 unspecified atom stereocenters. The first-order valence-corrected chi connectivity index (χ1v) is 12.8. The molecule has 0 aromatic rings. The Morgan fingerprint density at radius 1 is 0.941 bits per heavy atom. The summed E-state index contributed by atoms with van der Waals surface area (Å²) in [5, 5.41) is 0. The molecule has 1 spiro atoms. The molecule has 4 saturated heterocycles. The van der Waals surface area contributed by atoms with Crippen molar-refractivity contribution in [3.63, 3.8) is 0 Å². The van der Waals surface area contributed by atoms with Gasteiger partial charge >= 0.3 is 11.9 Å². The summed E-state index contributed by atoms with van der Waals surface area (Å²) >= 11 is 0. The number of hydrogen-bond donors (Lipinski definition) is 0. The molecule has 2 bridgehead atoms. The van der Waals surface area contributed by atoms with Crippen molar-refractivity contribution in [1.29, 1.82) is 0 Å². The van der Waals surface area contributed by atoms with E-state index in [1.807, 2.05) is 6.92 Å². The zero-order valence-electron chi connectivity index (χ0n) is 20.9. The number of rotatable bonds is 10. The molecule has 4 heterocycles. The highest BCUT2D eigenvalue weighted by molar-refractivity contribution is 5.77. The average molecular weight is 485 g/mol. The fourth-order valence-corrected chi connectivity index (χ4v) is 6.21. The fourth-order valence-electron chi connectivity index (χ4n) is 6.21. The van der Waals surface area contributed by atoms with Crippen molar-refractivity contribution in [2.24, 2.45) is 23.7 Å². The fraction of sp³-hybridized carbons (Fsp3) is 0.920. The molecular weight excluding hydrogens is 444 g/mol. The van der Waals surface area contributed by atoms with Gasteiger partial charge in [0.05, 0.1) is 26.6 Å². The van der Waals surface area contributed by atoms with Gasteiger partial charge in [-0.3, -0.25) is 9.59 Å². The van der Waals surface area contributed by atoms with E-state index in [1.54, 1.807) is 0 Å². The second-order valence-electron chi connectivity index (χ2n) is 10.5. The Kier molecular flexibility index (Phi) is 8.19. The molecule has 4 aliphatic heterocycles. The second-order valence-corrected chi connectivity index (χ2v) is 10.5. The van der Waals surface area contributed by atoms with Crippen LogP contribution in [-0.4, -0.2) is 56.2 Å². The van der Waals surface area contributed by atoms with Crippen LogP contribution in [0.25, 0.3) is 0 Å². The van der Waals surface area contributed by atoms with Gasteiger partial charge in [-0.2, -0.15) is 0 Å². The molecule has 8 atom stereocenters. The zero-order chi connectivity index (χ0) is 24.3. The highest BCUT2D eigenvalue weighted by Gasteiger charge is 2.69. The van der Waals surface area contributed by atoms with Gasteiger partial charge < -0.3 is 23.7 Å². The monoisotopic (exact) mass is 484 g/mol. The molecule has 1 saturated carbocycles. The molecule has 9 heteroatoms. The molecule has 34 heavy (non-hydrogen) atoms. The van der Waals surface area contributed by atoms with E-state index in [2.05, 4.69) is 18.6 Å². The summed E-state index contributed by atoms with van der Waals surface area (Å²) in [6, 6.07) is 0. The van der Waals surface area contributed by atoms with Crippen molar-refractivity contribution in [3.05, 3.63) is 0 Å². The molecule has 194 valence electrons. The van der Waals surface area contributed by atoms with Gasteiger partial charge in [0, 0.05) is 24.9 Å². The molecule has 9 nitrogen and oxygen atoms in total. The number of esters is 2. The zero-order valence-corrected chi connectivity index (χ0v) is 20.9. The van der Waals surface area contributed by atoms with E-state index in [-0.39, 0.29) is 36.9 Å². The highest BCUT2D eigenvalue weighted by Crippen LogP contribution is 2.60. The van der Waals surface area contributed by atoms with Gasteiger partial charge in [0.25, 0.3) is 0 Å². The third-order valence-electron chi connectivity index (χ3n) is 8.19. The minimum Gasteiger partial charge on any atom is -0.469 e. The summed E-state index contributed by atoms with van der Waals surface area (Å²) in [6.45, 7) is 7.32. The Labute approximate surface area is 202 Å². The summed E-state index contributed by atoms with van der Waals surface area (Å²) in [4.78, 5) is 34.7. The van der Waals surface area contributed by atoms with Crippen LogP contribution in [0.2, 0.25) is 0 Å². The molecule has 0 N–H and O–H groups in total. The van der Waals surface area contributed by atoms with E-state index < -0.39 is 23.6 Å². The molecular formula is C25H40O9. The number of ether oxygens (including phenoxy) is 5. The van der Waals surface area contributed by atoms with Crippen molar-refractivity contribution >= 4 is 11.9 Å². The maximum Gasteiger partial charge on any atom is 0.306 e. The van der Waals surface area contributed by atoms with E-state index >= 15 is 0 Å². The van der Waals surface area contributed by atoms with Crippen LogP contribution in [-0.2, 0) is 43.0 Å². The van der Waals surface area contributed by atoms with Gasteiger partial charge in [-0.25, -0.2) is 9.78 Å². The van der Waals surface area contributed by atoms with Crippen molar-refractivity contribution in [3.8, 4) is 0 Å². The van der Waals surface area contributed by atoms with Crippen molar-refractivity contribution in [1.82, 2.24) is 0 Å². The quantitative estimate of drug-likeness (QED) is 0.260. The Morgan fingerprint density at radius 2 is 1.71 bits per heavy atom. The normalized spacial score (nSPS) is 40.8. The van der Waals surface area contributed by atoms with Crippen LogP contribution in [0, 0.1) is 23.7 Å². The Morgan fingerprint density at radius 3 is 2.50 bits per heavy atom. The molecule has 0 aromatic heterocycles. The van der Waals surface area contributed by atoms with E-state index in [1.165, 1.54) is 13.5 Å². The van der Waals surface area contributed by atoms with Gasteiger partial charge in [-0.1, -0.05) is 13.8 Å². The van der Waals surface area contributed by atoms with Crippen molar-refractivity contribution < 1.29 is 43.0 Å². The van der Waals surface area contributed by atoms with E-state index in [9.17, 15) is 9.59 Å². The van der Waals surface area contributed by atoms with Crippen LogP contribution in [0.3, 0.4) is 0 Å².